The molecule has 4 aromatic rings. The lowest BCUT2D eigenvalue weighted by Crippen LogP contribution is -2.64. The summed E-state index contributed by atoms with van der Waals surface area (Å²) in [5.41, 5.74) is 9.74. The van der Waals surface area contributed by atoms with Crippen LogP contribution >= 0.6 is 0 Å². The van der Waals surface area contributed by atoms with E-state index in [9.17, 15) is 10.4 Å². The molecule has 0 radical (unpaired) electrons. The monoisotopic (exact) mass is 499 g/mol. The number of ether oxygens (including phenoxy) is 2. The normalized spacial score (nSPS) is 15.2. The Hall–Kier alpha value is -4.04. The van der Waals surface area contributed by atoms with Crippen LogP contribution in [-0.2, 0) is 12.1 Å². The molecule has 10 heteroatoms. The number of nitriles is 1. The molecule has 1 saturated heterocycles. The zero-order chi connectivity index (χ0) is 26.2. The van der Waals surface area contributed by atoms with E-state index in [1.807, 2.05) is 36.5 Å². The molecule has 0 atom stereocenters. The van der Waals surface area contributed by atoms with Gasteiger partial charge in [-0.1, -0.05) is 12.1 Å². The Labute approximate surface area is 214 Å². The van der Waals surface area contributed by atoms with Gasteiger partial charge in [0.05, 0.1) is 47.4 Å². The molecule has 0 amide bonds. The predicted octanol–water partition coefficient (Wildman–Crippen LogP) is 2.49. The molecule has 4 aromatic heterocycles. The molecule has 190 valence electrons. The zero-order valence-corrected chi connectivity index (χ0v) is 21.0. The number of hydrogen-bond acceptors (Lipinski definition) is 9. The van der Waals surface area contributed by atoms with Crippen molar-refractivity contribution < 1.29 is 14.6 Å². The molecule has 5 heterocycles. The summed E-state index contributed by atoms with van der Waals surface area (Å²) in [6.07, 6.45) is 6.80. The van der Waals surface area contributed by atoms with E-state index in [0.29, 0.717) is 35.8 Å². The van der Waals surface area contributed by atoms with Gasteiger partial charge in [-0.2, -0.15) is 10.4 Å². The van der Waals surface area contributed by atoms with Gasteiger partial charge in [-0.05, 0) is 31.5 Å². The van der Waals surface area contributed by atoms with Gasteiger partial charge in [-0.3, -0.25) is 9.88 Å². The molecule has 1 aliphatic heterocycles. The van der Waals surface area contributed by atoms with Crippen LogP contribution in [0.3, 0.4) is 0 Å². The van der Waals surface area contributed by atoms with Crippen molar-refractivity contribution in [3.63, 3.8) is 0 Å². The average molecular weight is 500 g/mol. The van der Waals surface area contributed by atoms with Crippen molar-refractivity contribution in [2.24, 2.45) is 5.73 Å². The van der Waals surface area contributed by atoms with Crippen LogP contribution < -0.4 is 15.2 Å². The number of fused-ring (bicyclic) bond motifs is 1. The van der Waals surface area contributed by atoms with Gasteiger partial charge in [0, 0.05) is 49.2 Å². The van der Waals surface area contributed by atoms with Crippen molar-refractivity contribution in [2.45, 2.75) is 31.5 Å². The van der Waals surface area contributed by atoms with Crippen LogP contribution in [0.2, 0.25) is 0 Å². The van der Waals surface area contributed by atoms with E-state index >= 15 is 0 Å². The Bertz CT molecular complexity index is 1450. The fourth-order valence-electron chi connectivity index (χ4n) is 4.49. The van der Waals surface area contributed by atoms with Crippen LogP contribution in [0, 0.1) is 11.3 Å². The molecule has 0 aromatic carbocycles. The standard InChI is InChI=1S/C27H29N7O3/c1-26(2,35)17-37-21-8-22(25-20(9-28)12-32-34(25)14-21)19-5-6-23(30-11-19)27(29)15-33(16-27)13-18-4-7-24(36-3)31-10-18/h4-8,10-12,14,35H,13,15-17,29H2,1-3H3. The summed E-state index contributed by atoms with van der Waals surface area (Å²) >= 11 is 0. The first-order valence-electron chi connectivity index (χ1n) is 11.9. The largest absolute Gasteiger partial charge is 0.489 e. The van der Waals surface area contributed by atoms with Gasteiger partial charge < -0.3 is 20.3 Å². The fraction of sp³-hybridized carbons (Fsp3) is 0.333. The second-order valence-corrected chi connectivity index (χ2v) is 10.1. The van der Waals surface area contributed by atoms with Gasteiger partial charge >= 0.3 is 0 Å². The summed E-state index contributed by atoms with van der Waals surface area (Å²) < 4.78 is 12.5. The van der Waals surface area contributed by atoms with E-state index in [2.05, 4.69) is 21.1 Å². The number of aromatic nitrogens is 4. The van der Waals surface area contributed by atoms with Crippen molar-refractivity contribution in [1.82, 2.24) is 24.5 Å². The van der Waals surface area contributed by atoms with Crippen LogP contribution in [0.4, 0.5) is 0 Å². The lowest BCUT2D eigenvalue weighted by Gasteiger charge is -2.47. The minimum absolute atomic E-state index is 0.111. The molecule has 1 aliphatic rings. The minimum Gasteiger partial charge on any atom is -0.489 e. The molecule has 0 bridgehead atoms. The van der Waals surface area contributed by atoms with Gasteiger partial charge in [-0.15, -0.1) is 0 Å². The number of hydrogen-bond donors (Lipinski definition) is 2. The lowest BCUT2D eigenvalue weighted by atomic mass is 9.86. The second-order valence-electron chi connectivity index (χ2n) is 10.1. The molecule has 37 heavy (non-hydrogen) atoms. The van der Waals surface area contributed by atoms with Crippen molar-refractivity contribution in [3.05, 3.63) is 71.9 Å². The number of aliphatic hydroxyl groups is 1. The van der Waals surface area contributed by atoms with E-state index < -0.39 is 11.1 Å². The Kier molecular flexibility index (Phi) is 6.29. The minimum atomic E-state index is -0.990. The molecule has 0 spiro atoms. The van der Waals surface area contributed by atoms with Crippen molar-refractivity contribution in [3.8, 4) is 28.8 Å². The third-order valence-corrected chi connectivity index (χ3v) is 6.31. The summed E-state index contributed by atoms with van der Waals surface area (Å²) in [4.78, 5) is 11.2. The van der Waals surface area contributed by atoms with Crippen LogP contribution in [0.25, 0.3) is 16.6 Å². The SMILES string of the molecule is COc1ccc(CN2CC(N)(c3ccc(-c4cc(OCC(C)(C)O)cn5ncc(C#N)c45)cn3)C2)cn1. The number of likely N-dealkylation sites (tertiary alicyclic amines) is 1. The number of rotatable bonds is 8. The third-order valence-electron chi connectivity index (χ3n) is 6.31. The smallest absolute Gasteiger partial charge is 0.212 e. The highest BCUT2D eigenvalue weighted by Gasteiger charge is 2.42. The maximum absolute atomic E-state index is 10.1. The predicted molar refractivity (Wildman–Crippen MR) is 137 cm³/mol. The summed E-state index contributed by atoms with van der Waals surface area (Å²) in [6, 6.07) is 11.8. The number of nitrogens with zero attached hydrogens (tertiary/aromatic N) is 6. The Balaban J connectivity index is 1.35. The van der Waals surface area contributed by atoms with Gasteiger partial charge in [0.1, 0.15) is 18.4 Å². The highest BCUT2D eigenvalue weighted by atomic mass is 16.5. The van der Waals surface area contributed by atoms with Crippen molar-refractivity contribution in [1.29, 1.82) is 5.26 Å². The summed E-state index contributed by atoms with van der Waals surface area (Å²) in [5, 5.41) is 24.0. The van der Waals surface area contributed by atoms with Crippen LogP contribution in [0.1, 0.15) is 30.7 Å². The van der Waals surface area contributed by atoms with Gasteiger partial charge in [0.2, 0.25) is 5.88 Å². The maximum Gasteiger partial charge on any atom is 0.212 e. The molecule has 0 unspecified atom stereocenters. The van der Waals surface area contributed by atoms with Gasteiger partial charge in [0.15, 0.2) is 0 Å². The first kappa shape index (κ1) is 24.6. The Morgan fingerprint density at radius 2 is 1.97 bits per heavy atom. The van der Waals surface area contributed by atoms with Crippen molar-refractivity contribution in [2.75, 3.05) is 26.8 Å². The maximum atomic E-state index is 10.1. The molecule has 3 N–H and O–H groups in total. The van der Waals surface area contributed by atoms with E-state index in [1.54, 1.807) is 37.9 Å². The van der Waals surface area contributed by atoms with E-state index in [-0.39, 0.29) is 6.61 Å². The highest BCUT2D eigenvalue weighted by Crippen LogP contribution is 2.34. The number of pyridine rings is 3. The molecule has 0 aliphatic carbocycles. The molecular weight excluding hydrogens is 470 g/mol. The summed E-state index contributed by atoms with van der Waals surface area (Å²) in [5.74, 6) is 1.12. The van der Waals surface area contributed by atoms with Crippen molar-refractivity contribution >= 4 is 5.52 Å². The number of methoxy groups -OCH3 is 1. The first-order chi connectivity index (χ1) is 17.7. The highest BCUT2D eigenvalue weighted by molar-refractivity contribution is 5.85. The third kappa shape index (κ3) is 5.11. The number of nitrogens with two attached hydrogens (primary N) is 1. The molecule has 5 rings (SSSR count). The van der Waals surface area contributed by atoms with Crippen LogP contribution in [0.15, 0.2) is 55.1 Å². The molecule has 0 saturated carbocycles. The Morgan fingerprint density at radius 1 is 1.16 bits per heavy atom. The molecular formula is C27H29N7O3. The second kappa shape index (κ2) is 9.44. The van der Waals surface area contributed by atoms with Gasteiger partial charge in [-0.25, -0.2) is 9.50 Å². The van der Waals surface area contributed by atoms with E-state index in [1.165, 1.54) is 6.20 Å². The summed E-state index contributed by atoms with van der Waals surface area (Å²) in [6.45, 7) is 5.57. The van der Waals surface area contributed by atoms with E-state index in [0.717, 1.165) is 28.9 Å². The van der Waals surface area contributed by atoms with Crippen LogP contribution in [-0.4, -0.2) is 62.0 Å². The fourth-order valence-corrected chi connectivity index (χ4v) is 4.49. The summed E-state index contributed by atoms with van der Waals surface area (Å²) in [7, 11) is 1.60. The zero-order valence-electron chi connectivity index (χ0n) is 21.0. The molecule has 1 fully saturated rings. The topological polar surface area (TPSA) is 135 Å². The van der Waals surface area contributed by atoms with Gasteiger partial charge in [0.25, 0.3) is 0 Å². The lowest BCUT2D eigenvalue weighted by molar-refractivity contribution is 0.0283. The first-order valence-corrected chi connectivity index (χ1v) is 11.9. The average Bonchev–Trinajstić information content (AvgIpc) is 3.29. The quantitative estimate of drug-likeness (QED) is 0.375. The Morgan fingerprint density at radius 3 is 2.59 bits per heavy atom. The van der Waals surface area contributed by atoms with Crippen LogP contribution in [0.5, 0.6) is 11.6 Å². The van der Waals surface area contributed by atoms with E-state index in [4.69, 9.17) is 20.2 Å². The molecule has 10 nitrogen and oxygen atoms in total.